The van der Waals surface area contributed by atoms with Crippen LogP contribution in [0.15, 0.2) is 18.2 Å². The van der Waals surface area contributed by atoms with Crippen LogP contribution < -0.4 is 5.32 Å². The summed E-state index contributed by atoms with van der Waals surface area (Å²) in [5, 5.41) is 2.37. The number of rotatable bonds is 3. The van der Waals surface area contributed by atoms with E-state index in [-0.39, 0.29) is 11.3 Å². The molecule has 9 heteroatoms. The first-order valence-corrected chi connectivity index (χ1v) is 7.12. The Kier molecular flexibility index (Phi) is 5.45. The van der Waals surface area contributed by atoms with Crippen LogP contribution in [0.25, 0.3) is 0 Å². The van der Waals surface area contributed by atoms with E-state index in [1.54, 1.807) is 0 Å². The molecule has 1 unspecified atom stereocenters. The lowest BCUT2D eigenvalue weighted by Crippen LogP contribution is -2.46. The number of halogens is 3. The summed E-state index contributed by atoms with van der Waals surface area (Å²) in [5.41, 5.74) is -1.50. The summed E-state index contributed by atoms with van der Waals surface area (Å²) in [5.74, 6) is -1.50. The fourth-order valence-electron chi connectivity index (χ4n) is 2.26. The van der Waals surface area contributed by atoms with Crippen LogP contribution >= 0.6 is 0 Å². The van der Waals surface area contributed by atoms with E-state index in [1.807, 2.05) is 11.9 Å². The van der Waals surface area contributed by atoms with E-state index in [4.69, 9.17) is 4.74 Å². The maximum atomic E-state index is 13.0. The number of anilines is 1. The van der Waals surface area contributed by atoms with Crippen LogP contribution in [-0.4, -0.2) is 56.7 Å². The minimum Gasteiger partial charge on any atom is -0.465 e. The number of likely N-dealkylation sites (N-methyl/N-ethyl adjacent to an activating group) is 1. The number of carbonyl (C=O) groups excluding carboxylic acids is 2. The van der Waals surface area contributed by atoms with Crippen LogP contribution in [0.2, 0.25) is 0 Å². The summed E-state index contributed by atoms with van der Waals surface area (Å²) in [7, 11) is 2.87. The highest BCUT2D eigenvalue weighted by atomic mass is 19.4. The van der Waals surface area contributed by atoms with Gasteiger partial charge in [-0.15, -0.1) is 0 Å². The van der Waals surface area contributed by atoms with Crippen molar-refractivity contribution >= 4 is 17.6 Å². The van der Waals surface area contributed by atoms with Gasteiger partial charge < -0.3 is 19.7 Å². The summed E-state index contributed by atoms with van der Waals surface area (Å²) < 4.78 is 48.6. The molecule has 132 valence electrons. The standard InChI is InChI=1S/C15H17F3N2O4/c1-20-3-4-24-12(8-20)13(21)19-11-6-9(14(22)23-2)5-10(7-11)15(16,17)18/h5-7,12H,3-4,8H2,1-2H3,(H,19,21). The summed E-state index contributed by atoms with van der Waals surface area (Å²) in [4.78, 5) is 25.6. The van der Waals surface area contributed by atoms with Crippen LogP contribution in [-0.2, 0) is 20.4 Å². The van der Waals surface area contributed by atoms with Crippen LogP contribution in [0.4, 0.5) is 18.9 Å². The Morgan fingerprint density at radius 2 is 2.04 bits per heavy atom. The molecule has 1 aromatic carbocycles. The number of hydrogen-bond donors (Lipinski definition) is 1. The van der Waals surface area contributed by atoms with E-state index in [0.29, 0.717) is 25.8 Å². The lowest BCUT2D eigenvalue weighted by atomic mass is 10.1. The molecule has 0 bridgehead atoms. The van der Waals surface area contributed by atoms with Crippen LogP contribution in [0.5, 0.6) is 0 Å². The average Bonchev–Trinajstić information content (AvgIpc) is 2.53. The second-order valence-electron chi connectivity index (χ2n) is 5.40. The Morgan fingerprint density at radius 3 is 2.62 bits per heavy atom. The molecule has 1 aromatic rings. The predicted octanol–water partition coefficient (Wildman–Crippen LogP) is 1.76. The fourth-order valence-corrected chi connectivity index (χ4v) is 2.26. The number of amides is 1. The molecular weight excluding hydrogens is 329 g/mol. The van der Waals surface area contributed by atoms with Gasteiger partial charge in [-0.05, 0) is 25.2 Å². The Balaban J connectivity index is 2.25. The minimum atomic E-state index is -4.66. The third-order valence-electron chi connectivity index (χ3n) is 3.51. The Hall–Kier alpha value is -2.13. The van der Waals surface area contributed by atoms with E-state index in [9.17, 15) is 22.8 Å². The Bertz CT molecular complexity index is 634. The first-order valence-electron chi connectivity index (χ1n) is 7.12. The molecule has 1 fully saturated rings. The maximum absolute atomic E-state index is 13.0. The van der Waals surface area contributed by atoms with Crippen molar-refractivity contribution in [2.24, 2.45) is 0 Å². The van der Waals surface area contributed by atoms with Crippen molar-refractivity contribution in [3.8, 4) is 0 Å². The molecule has 1 atom stereocenters. The molecule has 0 saturated carbocycles. The van der Waals surface area contributed by atoms with Crippen LogP contribution in [0.1, 0.15) is 15.9 Å². The molecule has 6 nitrogen and oxygen atoms in total. The third-order valence-corrected chi connectivity index (χ3v) is 3.51. The summed E-state index contributed by atoms with van der Waals surface area (Å²) in [6.07, 6.45) is -5.45. The number of morpholine rings is 1. The Morgan fingerprint density at radius 1 is 1.33 bits per heavy atom. The van der Waals surface area contributed by atoms with Gasteiger partial charge in [0.25, 0.3) is 5.91 Å². The number of benzene rings is 1. The highest BCUT2D eigenvalue weighted by Gasteiger charge is 2.32. The maximum Gasteiger partial charge on any atom is 0.416 e. The van der Waals surface area contributed by atoms with E-state index < -0.39 is 29.7 Å². The van der Waals surface area contributed by atoms with Crippen molar-refractivity contribution in [2.75, 3.05) is 39.2 Å². The first-order chi connectivity index (χ1) is 11.2. The molecule has 1 N–H and O–H groups in total. The van der Waals surface area contributed by atoms with E-state index in [1.165, 1.54) is 0 Å². The molecule has 2 rings (SSSR count). The summed E-state index contributed by atoms with van der Waals surface area (Å²) >= 11 is 0. The summed E-state index contributed by atoms with van der Waals surface area (Å²) in [6, 6.07) is 2.56. The number of nitrogens with one attached hydrogen (secondary N) is 1. The number of methoxy groups -OCH3 is 1. The highest BCUT2D eigenvalue weighted by Crippen LogP contribution is 2.32. The second kappa shape index (κ2) is 7.18. The molecule has 0 aromatic heterocycles. The van der Waals surface area contributed by atoms with Crippen molar-refractivity contribution in [2.45, 2.75) is 12.3 Å². The van der Waals surface area contributed by atoms with Gasteiger partial charge in [0.1, 0.15) is 6.10 Å². The first kappa shape index (κ1) is 18.2. The molecule has 1 aliphatic heterocycles. The van der Waals surface area contributed by atoms with E-state index in [0.717, 1.165) is 19.2 Å². The van der Waals surface area contributed by atoms with Gasteiger partial charge in [-0.3, -0.25) is 4.79 Å². The lowest BCUT2D eigenvalue weighted by Gasteiger charge is -2.29. The second-order valence-corrected chi connectivity index (χ2v) is 5.40. The van der Waals surface area contributed by atoms with Crippen LogP contribution in [0, 0.1) is 0 Å². The average molecular weight is 346 g/mol. The topological polar surface area (TPSA) is 67.9 Å². The quantitative estimate of drug-likeness (QED) is 0.845. The van der Waals surface area contributed by atoms with E-state index >= 15 is 0 Å². The van der Waals surface area contributed by atoms with Gasteiger partial charge in [0.2, 0.25) is 0 Å². The van der Waals surface area contributed by atoms with E-state index in [2.05, 4.69) is 10.1 Å². The summed E-state index contributed by atoms with van der Waals surface area (Å²) in [6.45, 7) is 1.35. The Labute approximate surface area is 136 Å². The number of nitrogens with zero attached hydrogens (tertiary/aromatic N) is 1. The van der Waals surface area contributed by atoms with Gasteiger partial charge in [-0.2, -0.15) is 13.2 Å². The molecule has 1 heterocycles. The molecule has 24 heavy (non-hydrogen) atoms. The van der Waals surface area contributed by atoms with Gasteiger partial charge in [0.15, 0.2) is 0 Å². The van der Waals surface area contributed by atoms with Gasteiger partial charge in [0.05, 0.1) is 24.8 Å². The molecule has 1 amide bonds. The SMILES string of the molecule is COC(=O)c1cc(NC(=O)C2CN(C)CCO2)cc(C(F)(F)F)c1. The lowest BCUT2D eigenvalue weighted by molar-refractivity contribution is -0.137. The van der Waals surface area contributed by atoms with Gasteiger partial charge in [0, 0.05) is 18.8 Å². The molecule has 0 radical (unpaired) electrons. The normalized spacial score (nSPS) is 19.0. The number of carbonyl (C=O) groups is 2. The minimum absolute atomic E-state index is 0.146. The van der Waals surface area contributed by atoms with Crippen molar-refractivity contribution < 1.29 is 32.2 Å². The van der Waals surface area contributed by atoms with Crippen molar-refractivity contribution in [3.05, 3.63) is 29.3 Å². The monoisotopic (exact) mass is 346 g/mol. The zero-order valence-corrected chi connectivity index (χ0v) is 13.1. The zero-order chi connectivity index (χ0) is 17.9. The van der Waals surface area contributed by atoms with Gasteiger partial charge in [-0.25, -0.2) is 4.79 Å². The van der Waals surface area contributed by atoms with Crippen LogP contribution in [0.3, 0.4) is 0 Å². The third kappa shape index (κ3) is 4.45. The number of ether oxygens (including phenoxy) is 2. The molecule has 1 saturated heterocycles. The number of hydrogen-bond acceptors (Lipinski definition) is 5. The zero-order valence-electron chi connectivity index (χ0n) is 13.1. The number of alkyl halides is 3. The van der Waals surface area contributed by atoms with Gasteiger partial charge in [-0.1, -0.05) is 0 Å². The van der Waals surface area contributed by atoms with Crippen molar-refractivity contribution in [3.63, 3.8) is 0 Å². The van der Waals surface area contributed by atoms with Crippen molar-refractivity contribution in [1.29, 1.82) is 0 Å². The molecular formula is C15H17F3N2O4. The predicted molar refractivity (Wildman–Crippen MR) is 78.7 cm³/mol. The van der Waals surface area contributed by atoms with Crippen molar-refractivity contribution in [1.82, 2.24) is 4.90 Å². The van der Waals surface area contributed by atoms with Gasteiger partial charge >= 0.3 is 12.1 Å². The largest absolute Gasteiger partial charge is 0.465 e. The highest BCUT2D eigenvalue weighted by molar-refractivity contribution is 5.97. The fraction of sp³-hybridized carbons (Fsp3) is 0.467. The smallest absolute Gasteiger partial charge is 0.416 e. The molecule has 1 aliphatic rings. The number of esters is 1. The molecule has 0 spiro atoms. The molecule has 0 aliphatic carbocycles.